The Morgan fingerprint density at radius 1 is 1.05 bits per heavy atom. The van der Waals surface area contributed by atoms with Crippen LogP contribution in [0, 0.1) is 6.92 Å². The lowest BCUT2D eigenvalue weighted by Gasteiger charge is -2.34. The van der Waals surface area contributed by atoms with Gasteiger partial charge in [-0.1, -0.05) is 55.5 Å². The molecule has 1 aromatic rings. The fraction of sp³-hybridized carbons (Fsp3) is 0.588. The molecule has 0 bridgehead atoms. The fourth-order valence-electron chi connectivity index (χ4n) is 3.54. The van der Waals surface area contributed by atoms with Crippen LogP contribution < -0.4 is 5.73 Å². The molecular weight excluding hydrogens is 246 g/mol. The Labute approximate surface area is 121 Å². The van der Waals surface area contributed by atoms with E-state index in [0.717, 1.165) is 12.5 Å². The number of aliphatic imine (C=N–C) groups is 1. The van der Waals surface area contributed by atoms with E-state index in [1.54, 1.807) is 0 Å². The minimum Gasteiger partial charge on any atom is -0.370 e. The molecule has 2 aliphatic rings. The SMILES string of the molecule is Cc1ccc(C2CN=C(N)N2C2CCCCCC2)cc1. The molecule has 3 heteroatoms. The number of hydrogen-bond acceptors (Lipinski definition) is 3. The van der Waals surface area contributed by atoms with Gasteiger partial charge in [0.05, 0.1) is 12.6 Å². The number of rotatable bonds is 2. The summed E-state index contributed by atoms with van der Waals surface area (Å²) in [6, 6.07) is 9.77. The molecule has 1 aromatic carbocycles. The molecule has 1 aliphatic carbocycles. The topological polar surface area (TPSA) is 41.6 Å². The Morgan fingerprint density at radius 2 is 1.70 bits per heavy atom. The molecule has 3 rings (SSSR count). The maximum Gasteiger partial charge on any atom is 0.192 e. The first-order valence-electron chi connectivity index (χ1n) is 7.90. The summed E-state index contributed by atoms with van der Waals surface area (Å²) >= 11 is 0. The van der Waals surface area contributed by atoms with Crippen molar-refractivity contribution in [2.45, 2.75) is 57.5 Å². The van der Waals surface area contributed by atoms with Crippen molar-refractivity contribution in [2.75, 3.05) is 6.54 Å². The molecule has 1 saturated carbocycles. The average molecular weight is 271 g/mol. The van der Waals surface area contributed by atoms with Gasteiger partial charge in [0.1, 0.15) is 0 Å². The van der Waals surface area contributed by atoms with Crippen molar-refractivity contribution in [3.63, 3.8) is 0 Å². The molecular formula is C17H25N3. The van der Waals surface area contributed by atoms with Crippen LogP contribution in [0.25, 0.3) is 0 Å². The Bertz CT molecular complexity index is 470. The summed E-state index contributed by atoms with van der Waals surface area (Å²) in [5, 5.41) is 0. The van der Waals surface area contributed by atoms with Crippen LogP contribution in [0.3, 0.4) is 0 Å². The van der Waals surface area contributed by atoms with Crippen LogP contribution in [-0.4, -0.2) is 23.4 Å². The first-order valence-corrected chi connectivity index (χ1v) is 7.90. The van der Waals surface area contributed by atoms with Gasteiger partial charge >= 0.3 is 0 Å². The maximum atomic E-state index is 6.19. The van der Waals surface area contributed by atoms with Crippen LogP contribution in [-0.2, 0) is 0 Å². The Kier molecular flexibility index (Phi) is 3.95. The highest BCUT2D eigenvalue weighted by Gasteiger charge is 2.33. The van der Waals surface area contributed by atoms with Crippen LogP contribution in [0.15, 0.2) is 29.3 Å². The van der Waals surface area contributed by atoms with Gasteiger partial charge in [0, 0.05) is 6.04 Å². The van der Waals surface area contributed by atoms with Gasteiger partial charge in [-0.05, 0) is 25.3 Å². The van der Waals surface area contributed by atoms with E-state index in [9.17, 15) is 0 Å². The summed E-state index contributed by atoms with van der Waals surface area (Å²) in [4.78, 5) is 6.92. The molecule has 0 amide bonds. The van der Waals surface area contributed by atoms with Gasteiger partial charge in [-0.25, -0.2) is 0 Å². The normalized spacial score (nSPS) is 24.6. The van der Waals surface area contributed by atoms with Crippen LogP contribution in [0.2, 0.25) is 0 Å². The van der Waals surface area contributed by atoms with E-state index in [-0.39, 0.29) is 0 Å². The van der Waals surface area contributed by atoms with Gasteiger partial charge in [-0.2, -0.15) is 0 Å². The maximum absolute atomic E-state index is 6.19. The first-order chi connectivity index (χ1) is 9.75. The van der Waals surface area contributed by atoms with Crippen molar-refractivity contribution in [1.29, 1.82) is 0 Å². The lowest BCUT2D eigenvalue weighted by atomic mass is 10.00. The minimum absolute atomic E-state index is 0.346. The van der Waals surface area contributed by atoms with Crippen molar-refractivity contribution in [3.8, 4) is 0 Å². The minimum atomic E-state index is 0.346. The van der Waals surface area contributed by atoms with Gasteiger partial charge in [-0.3, -0.25) is 4.99 Å². The number of aryl methyl sites for hydroxylation is 1. The Hall–Kier alpha value is -1.51. The molecule has 1 unspecified atom stereocenters. The number of hydrogen-bond donors (Lipinski definition) is 1. The summed E-state index contributed by atoms with van der Waals surface area (Å²) in [5.41, 5.74) is 8.85. The van der Waals surface area contributed by atoms with Gasteiger partial charge < -0.3 is 10.6 Å². The van der Waals surface area contributed by atoms with Crippen molar-refractivity contribution in [1.82, 2.24) is 4.90 Å². The quantitative estimate of drug-likeness (QED) is 0.838. The molecule has 0 saturated heterocycles. The second kappa shape index (κ2) is 5.86. The van der Waals surface area contributed by atoms with Crippen molar-refractivity contribution < 1.29 is 0 Å². The highest BCUT2D eigenvalue weighted by atomic mass is 15.3. The summed E-state index contributed by atoms with van der Waals surface area (Å²) < 4.78 is 0. The van der Waals surface area contributed by atoms with Crippen molar-refractivity contribution in [3.05, 3.63) is 35.4 Å². The van der Waals surface area contributed by atoms with E-state index in [2.05, 4.69) is 41.1 Å². The monoisotopic (exact) mass is 271 g/mol. The van der Waals surface area contributed by atoms with Crippen LogP contribution in [0.4, 0.5) is 0 Å². The zero-order valence-corrected chi connectivity index (χ0v) is 12.4. The molecule has 0 radical (unpaired) electrons. The molecule has 0 aromatic heterocycles. The van der Waals surface area contributed by atoms with E-state index in [1.807, 2.05) is 0 Å². The standard InChI is InChI=1S/C17H25N3/c1-13-8-10-14(11-9-13)16-12-19-17(18)20(16)15-6-4-2-3-5-7-15/h8-11,15-16H,2-7,12H2,1H3,(H2,18,19). The van der Waals surface area contributed by atoms with Gasteiger partial charge in [-0.15, -0.1) is 0 Å². The highest BCUT2D eigenvalue weighted by Crippen LogP contribution is 2.32. The predicted octanol–water partition coefficient (Wildman–Crippen LogP) is 3.39. The highest BCUT2D eigenvalue weighted by molar-refractivity contribution is 5.80. The molecule has 1 fully saturated rings. The molecule has 1 heterocycles. The molecule has 20 heavy (non-hydrogen) atoms. The number of nitrogens with zero attached hydrogens (tertiary/aromatic N) is 2. The second-order valence-electron chi connectivity index (χ2n) is 6.18. The summed E-state index contributed by atoms with van der Waals surface area (Å²) in [7, 11) is 0. The van der Waals surface area contributed by atoms with E-state index in [4.69, 9.17) is 5.73 Å². The summed E-state index contributed by atoms with van der Waals surface area (Å²) in [6.07, 6.45) is 7.93. The van der Waals surface area contributed by atoms with Crippen LogP contribution in [0.1, 0.15) is 55.7 Å². The third-order valence-electron chi connectivity index (χ3n) is 4.71. The predicted molar refractivity (Wildman–Crippen MR) is 83.7 cm³/mol. The summed E-state index contributed by atoms with van der Waals surface area (Å²) in [5.74, 6) is 0.752. The van der Waals surface area contributed by atoms with E-state index in [1.165, 1.54) is 49.7 Å². The number of nitrogens with two attached hydrogens (primary N) is 1. The fourth-order valence-corrected chi connectivity index (χ4v) is 3.54. The number of guanidine groups is 1. The van der Waals surface area contributed by atoms with Crippen LogP contribution in [0.5, 0.6) is 0 Å². The zero-order valence-electron chi connectivity index (χ0n) is 12.4. The molecule has 1 atom stereocenters. The Morgan fingerprint density at radius 3 is 2.35 bits per heavy atom. The lowest BCUT2D eigenvalue weighted by molar-refractivity contribution is 0.237. The third-order valence-corrected chi connectivity index (χ3v) is 4.71. The lowest BCUT2D eigenvalue weighted by Crippen LogP contribution is -2.43. The largest absolute Gasteiger partial charge is 0.370 e. The van der Waals surface area contributed by atoms with Gasteiger partial charge in [0.25, 0.3) is 0 Å². The summed E-state index contributed by atoms with van der Waals surface area (Å²) in [6.45, 7) is 2.94. The zero-order chi connectivity index (χ0) is 13.9. The molecule has 0 spiro atoms. The molecule has 3 nitrogen and oxygen atoms in total. The van der Waals surface area contributed by atoms with Gasteiger partial charge in [0.15, 0.2) is 5.96 Å². The molecule has 2 N–H and O–H groups in total. The van der Waals surface area contributed by atoms with Crippen molar-refractivity contribution in [2.24, 2.45) is 10.7 Å². The van der Waals surface area contributed by atoms with E-state index < -0.39 is 0 Å². The Balaban J connectivity index is 1.81. The second-order valence-corrected chi connectivity index (χ2v) is 6.18. The van der Waals surface area contributed by atoms with Crippen LogP contribution >= 0.6 is 0 Å². The average Bonchev–Trinajstić information content (AvgIpc) is 2.67. The first kappa shape index (κ1) is 13.5. The third kappa shape index (κ3) is 2.67. The van der Waals surface area contributed by atoms with Crippen molar-refractivity contribution >= 4 is 5.96 Å². The van der Waals surface area contributed by atoms with E-state index in [0.29, 0.717) is 12.1 Å². The van der Waals surface area contributed by atoms with E-state index >= 15 is 0 Å². The smallest absolute Gasteiger partial charge is 0.192 e. The molecule has 1 aliphatic heterocycles. The number of benzene rings is 1. The van der Waals surface area contributed by atoms with Gasteiger partial charge in [0.2, 0.25) is 0 Å². The molecule has 108 valence electrons.